The van der Waals surface area contributed by atoms with Crippen molar-refractivity contribution >= 4 is 0 Å². The molecule has 2 N–H and O–H groups in total. The van der Waals surface area contributed by atoms with Crippen LogP contribution >= 0.6 is 0 Å². The Kier molecular flexibility index (Phi) is 4.62. The number of hydrogen-bond acceptors (Lipinski definition) is 2. The van der Waals surface area contributed by atoms with E-state index < -0.39 is 17.3 Å². The fourth-order valence-corrected chi connectivity index (χ4v) is 1.50. The zero-order chi connectivity index (χ0) is 13.8. The highest BCUT2D eigenvalue weighted by Crippen LogP contribution is 2.36. The average molecular weight is 261 g/mol. The first kappa shape index (κ1) is 14.8. The average Bonchev–Trinajstić information content (AvgIpc) is 2.35. The lowest BCUT2D eigenvalue weighted by Crippen LogP contribution is -2.44. The molecule has 0 aliphatic heterocycles. The molecular weight excluding hydrogens is 243 g/mol. The van der Waals surface area contributed by atoms with Crippen molar-refractivity contribution in [2.45, 2.75) is 38.4 Å². The summed E-state index contributed by atoms with van der Waals surface area (Å²) >= 11 is 0. The Bertz CT molecular complexity index is 386. The molecule has 0 radical (unpaired) electrons. The third kappa shape index (κ3) is 3.63. The van der Waals surface area contributed by atoms with E-state index in [0.29, 0.717) is 12.8 Å². The molecule has 1 aromatic carbocycles. The van der Waals surface area contributed by atoms with Crippen LogP contribution in [0.1, 0.15) is 32.3 Å². The fourth-order valence-electron chi connectivity index (χ4n) is 1.50. The molecule has 1 rings (SSSR count). The van der Waals surface area contributed by atoms with E-state index in [2.05, 4.69) is 0 Å². The number of nitrogens with two attached hydrogens (primary N) is 1. The third-order valence-electron chi connectivity index (χ3n) is 3.12. The van der Waals surface area contributed by atoms with E-state index >= 15 is 0 Å². The molecule has 5 heteroatoms. The highest BCUT2D eigenvalue weighted by Gasteiger charge is 2.34. The molecule has 0 aliphatic carbocycles. The lowest BCUT2D eigenvalue weighted by atomic mass is 9.95. The van der Waals surface area contributed by atoms with Gasteiger partial charge in [-0.15, -0.1) is 0 Å². The molecule has 0 spiro atoms. The molecule has 2 nitrogen and oxygen atoms in total. The molecule has 0 aliphatic rings. The second-order valence-corrected chi connectivity index (χ2v) is 4.35. The number of hydrogen-bond donors (Lipinski definition) is 1. The number of ether oxygens (including phenoxy) is 1. The van der Waals surface area contributed by atoms with Crippen molar-refractivity contribution in [1.29, 1.82) is 0 Å². The van der Waals surface area contributed by atoms with Gasteiger partial charge in [-0.1, -0.05) is 26.0 Å². The summed E-state index contributed by atoms with van der Waals surface area (Å²) in [4.78, 5) is 0. The van der Waals surface area contributed by atoms with Crippen LogP contribution in [-0.2, 0) is 6.18 Å². The second-order valence-electron chi connectivity index (χ2n) is 4.35. The maximum Gasteiger partial charge on any atom is 0.419 e. The van der Waals surface area contributed by atoms with E-state index in [4.69, 9.17) is 10.5 Å². The smallest absolute Gasteiger partial charge is 0.419 e. The number of halogens is 3. The number of para-hydroxylation sites is 1. The minimum atomic E-state index is -4.41. The summed E-state index contributed by atoms with van der Waals surface area (Å²) in [5.74, 6) is -0.165. The zero-order valence-electron chi connectivity index (χ0n) is 10.6. The summed E-state index contributed by atoms with van der Waals surface area (Å²) in [6.07, 6.45) is -3.11. The highest BCUT2D eigenvalue weighted by atomic mass is 19.4. The Labute approximate surface area is 105 Å². The SMILES string of the molecule is CCC(N)(CC)COc1ccccc1C(F)(F)F. The van der Waals surface area contributed by atoms with Crippen LogP contribution in [0.4, 0.5) is 13.2 Å². The van der Waals surface area contributed by atoms with Crippen molar-refractivity contribution in [3.63, 3.8) is 0 Å². The van der Waals surface area contributed by atoms with E-state index in [0.717, 1.165) is 6.07 Å². The predicted molar refractivity (Wildman–Crippen MR) is 64.4 cm³/mol. The first-order valence-electron chi connectivity index (χ1n) is 5.90. The van der Waals surface area contributed by atoms with Crippen LogP contribution < -0.4 is 10.5 Å². The molecule has 0 amide bonds. The van der Waals surface area contributed by atoms with Gasteiger partial charge >= 0.3 is 6.18 Å². The first-order valence-corrected chi connectivity index (χ1v) is 5.90. The molecule has 18 heavy (non-hydrogen) atoms. The van der Waals surface area contributed by atoms with Crippen molar-refractivity contribution < 1.29 is 17.9 Å². The number of alkyl halides is 3. The van der Waals surface area contributed by atoms with E-state index in [9.17, 15) is 13.2 Å². The van der Waals surface area contributed by atoms with Crippen molar-refractivity contribution in [2.24, 2.45) is 5.73 Å². The maximum atomic E-state index is 12.7. The van der Waals surface area contributed by atoms with Crippen molar-refractivity contribution in [2.75, 3.05) is 6.61 Å². The Morgan fingerprint density at radius 1 is 1.11 bits per heavy atom. The molecule has 0 aromatic heterocycles. The molecule has 0 heterocycles. The summed E-state index contributed by atoms with van der Waals surface area (Å²) in [5.41, 5.74) is 4.65. The lowest BCUT2D eigenvalue weighted by Gasteiger charge is -2.27. The van der Waals surface area contributed by atoms with Crippen LogP contribution in [0.2, 0.25) is 0 Å². The van der Waals surface area contributed by atoms with Gasteiger partial charge in [-0.2, -0.15) is 13.2 Å². The van der Waals surface area contributed by atoms with Gasteiger partial charge in [-0.3, -0.25) is 0 Å². The van der Waals surface area contributed by atoms with E-state index in [1.165, 1.54) is 18.2 Å². The van der Waals surface area contributed by atoms with Gasteiger partial charge in [0.1, 0.15) is 12.4 Å². The Hall–Kier alpha value is -1.23. The Morgan fingerprint density at radius 3 is 2.17 bits per heavy atom. The van der Waals surface area contributed by atoms with Gasteiger partial charge in [0, 0.05) is 5.54 Å². The molecule has 1 aromatic rings. The summed E-state index contributed by atoms with van der Waals surface area (Å²) in [7, 11) is 0. The van der Waals surface area contributed by atoms with Gasteiger partial charge in [-0.05, 0) is 25.0 Å². The molecule has 102 valence electrons. The lowest BCUT2D eigenvalue weighted by molar-refractivity contribution is -0.139. The van der Waals surface area contributed by atoms with Crippen LogP contribution in [0.3, 0.4) is 0 Å². The van der Waals surface area contributed by atoms with Gasteiger partial charge in [-0.25, -0.2) is 0 Å². The zero-order valence-corrected chi connectivity index (χ0v) is 10.6. The Morgan fingerprint density at radius 2 is 1.67 bits per heavy atom. The van der Waals surface area contributed by atoms with Crippen LogP contribution in [0.25, 0.3) is 0 Å². The standard InChI is InChI=1S/C13H18F3NO/c1-3-12(17,4-2)9-18-11-8-6-5-7-10(11)13(14,15)16/h5-8H,3-4,9,17H2,1-2H3. The molecule has 0 bridgehead atoms. The largest absolute Gasteiger partial charge is 0.491 e. The number of rotatable bonds is 5. The molecule has 0 saturated heterocycles. The molecular formula is C13H18F3NO. The van der Waals surface area contributed by atoms with E-state index in [1.807, 2.05) is 13.8 Å². The summed E-state index contributed by atoms with van der Waals surface area (Å²) in [6, 6.07) is 5.17. The predicted octanol–water partition coefficient (Wildman–Crippen LogP) is 3.60. The topological polar surface area (TPSA) is 35.2 Å². The fraction of sp³-hybridized carbons (Fsp3) is 0.538. The van der Waals surface area contributed by atoms with Gasteiger partial charge in [0.25, 0.3) is 0 Å². The van der Waals surface area contributed by atoms with Crippen molar-refractivity contribution in [3.05, 3.63) is 29.8 Å². The van der Waals surface area contributed by atoms with Crippen LogP contribution in [-0.4, -0.2) is 12.1 Å². The number of benzene rings is 1. The van der Waals surface area contributed by atoms with Gasteiger partial charge < -0.3 is 10.5 Å². The van der Waals surface area contributed by atoms with Crippen LogP contribution in [0, 0.1) is 0 Å². The maximum absolute atomic E-state index is 12.7. The summed E-state index contributed by atoms with van der Waals surface area (Å²) in [6.45, 7) is 3.86. The van der Waals surface area contributed by atoms with Gasteiger partial charge in [0.15, 0.2) is 0 Å². The van der Waals surface area contributed by atoms with Crippen molar-refractivity contribution in [3.8, 4) is 5.75 Å². The summed E-state index contributed by atoms with van der Waals surface area (Å²) < 4.78 is 43.4. The highest BCUT2D eigenvalue weighted by molar-refractivity contribution is 5.35. The quantitative estimate of drug-likeness (QED) is 0.878. The summed E-state index contributed by atoms with van der Waals surface area (Å²) in [5, 5.41) is 0. The van der Waals surface area contributed by atoms with Crippen LogP contribution in [0.15, 0.2) is 24.3 Å². The molecule has 0 saturated carbocycles. The van der Waals surface area contributed by atoms with Gasteiger partial charge in [0.2, 0.25) is 0 Å². The van der Waals surface area contributed by atoms with E-state index in [1.54, 1.807) is 0 Å². The minimum absolute atomic E-state index is 0.0765. The van der Waals surface area contributed by atoms with Gasteiger partial charge in [0.05, 0.1) is 5.56 Å². The van der Waals surface area contributed by atoms with Crippen molar-refractivity contribution in [1.82, 2.24) is 0 Å². The minimum Gasteiger partial charge on any atom is -0.491 e. The molecule has 0 atom stereocenters. The second kappa shape index (κ2) is 5.61. The van der Waals surface area contributed by atoms with Crippen LogP contribution in [0.5, 0.6) is 5.75 Å². The Balaban J connectivity index is 2.86. The van der Waals surface area contributed by atoms with E-state index in [-0.39, 0.29) is 12.4 Å². The third-order valence-corrected chi connectivity index (χ3v) is 3.12. The molecule has 0 fully saturated rings. The first-order chi connectivity index (χ1) is 8.32. The molecule has 0 unspecified atom stereocenters. The normalized spacial score (nSPS) is 12.6. The monoisotopic (exact) mass is 261 g/mol.